The van der Waals surface area contributed by atoms with E-state index in [9.17, 15) is 8.42 Å². The molecule has 0 bridgehead atoms. The molecule has 4 rings (SSSR count). The van der Waals surface area contributed by atoms with Gasteiger partial charge in [0.25, 0.3) is 0 Å². The molecule has 1 aliphatic heterocycles. The van der Waals surface area contributed by atoms with E-state index >= 15 is 0 Å². The second-order valence-corrected chi connectivity index (χ2v) is 11.0. The second kappa shape index (κ2) is 10.8. The van der Waals surface area contributed by atoms with Gasteiger partial charge in [-0.25, -0.2) is 18.4 Å². The monoisotopic (exact) mass is 482 g/mol. The minimum Gasteiger partial charge on any atom is -0.369 e. The number of sulfonamides is 1. The van der Waals surface area contributed by atoms with Gasteiger partial charge in [-0.3, -0.25) is 4.90 Å². The van der Waals surface area contributed by atoms with Gasteiger partial charge in [0, 0.05) is 38.1 Å². The van der Waals surface area contributed by atoms with Crippen molar-refractivity contribution in [1.29, 1.82) is 0 Å². The number of nitrogens with one attached hydrogen (secondary N) is 1. The normalized spacial score (nSPS) is 15.8. The van der Waals surface area contributed by atoms with Crippen LogP contribution >= 0.6 is 0 Å². The van der Waals surface area contributed by atoms with Gasteiger partial charge in [-0.1, -0.05) is 24.3 Å². The largest absolute Gasteiger partial charge is 0.369 e. The molecule has 1 saturated heterocycles. The summed E-state index contributed by atoms with van der Waals surface area (Å²) < 4.78 is 27.6. The van der Waals surface area contributed by atoms with Crippen molar-refractivity contribution in [2.45, 2.75) is 24.8 Å². The van der Waals surface area contributed by atoms with Gasteiger partial charge in [-0.15, -0.1) is 0 Å². The first-order valence-electron chi connectivity index (χ1n) is 11.8. The molecule has 0 amide bonds. The third-order valence-electron chi connectivity index (χ3n) is 6.05. The Morgan fingerprint density at radius 3 is 2.50 bits per heavy atom. The molecule has 3 aromatic rings. The van der Waals surface area contributed by atoms with E-state index in [1.807, 2.05) is 37.3 Å². The summed E-state index contributed by atoms with van der Waals surface area (Å²) in [7, 11) is 0.674. The zero-order valence-electron chi connectivity index (χ0n) is 20.2. The van der Waals surface area contributed by atoms with Gasteiger partial charge < -0.3 is 10.2 Å². The van der Waals surface area contributed by atoms with Crippen molar-refractivity contribution in [2.24, 2.45) is 0 Å². The first-order valence-corrected chi connectivity index (χ1v) is 13.2. The van der Waals surface area contributed by atoms with Gasteiger partial charge in [0.05, 0.1) is 17.0 Å². The highest BCUT2D eigenvalue weighted by atomic mass is 32.2. The highest BCUT2D eigenvalue weighted by molar-refractivity contribution is 7.89. The minimum absolute atomic E-state index is 0.365. The quantitative estimate of drug-likeness (QED) is 0.470. The zero-order chi connectivity index (χ0) is 24.1. The SMILES string of the molecule is Cc1cccc(S(=O)(=O)N2CCN(Cc3nc(NCCCN(C)C)c4ccccc4n3)CC2)c1. The lowest BCUT2D eigenvalue weighted by Gasteiger charge is -2.33. The number of benzene rings is 2. The van der Waals surface area contributed by atoms with Gasteiger partial charge in [-0.2, -0.15) is 4.31 Å². The van der Waals surface area contributed by atoms with Gasteiger partial charge in [0.1, 0.15) is 11.6 Å². The van der Waals surface area contributed by atoms with Crippen LogP contribution in [-0.4, -0.2) is 85.9 Å². The molecule has 0 aliphatic carbocycles. The van der Waals surface area contributed by atoms with Crippen LogP contribution in [0.5, 0.6) is 0 Å². The van der Waals surface area contributed by atoms with Crippen LogP contribution in [0, 0.1) is 6.92 Å². The Morgan fingerprint density at radius 1 is 1.00 bits per heavy atom. The molecule has 9 heteroatoms. The predicted molar refractivity (Wildman–Crippen MR) is 136 cm³/mol. The number of anilines is 1. The Kier molecular flexibility index (Phi) is 7.77. The van der Waals surface area contributed by atoms with E-state index in [1.165, 1.54) is 0 Å². The molecule has 1 aromatic heterocycles. The average Bonchev–Trinajstić information content (AvgIpc) is 2.82. The molecule has 1 N–H and O–H groups in total. The minimum atomic E-state index is -3.47. The van der Waals surface area contributed by atoms with E-state index in [2.05, 4.69) is 29.2 Å². The summed E-state index contributed by atoms with van der Waals surface area (Å²) in [6, 6.07) is 15.2. The summed E-state index contributed by atoms with van der Waals surface area (Å²) in [4.78, 5) is 14.4. The predicted octanol–water partition coefficient (Wildman–Crippen LogP) is 2.81. The molecule has 0 unspecified atom stereocenters. The second-order valence-electron chi connectivity index (χ2n) is 9.09. The Labute approximate surface area is 202 Å². The van der Waals surface area contributed by atoms with Gasteiger partial charge in [-0.05, 0) is 63.8 Å². The van der Waals surface area contributed by atoms with E-state index in [0.29, 0.717) is 37.6 Å². The molecular formula is C25H34N6O2S. The number of piperazine rings is 1. The fraction of sp³-hybridized carbons (Fsp3) is 0.440. The molecule has 0 atom stereocenters. The van der Waals surface area contributed by atoms with E-state index in [-0.39, 0.29) is 0 Å². The third kappa shape index (κ3) is 5.90. The Balaban J connectivity index is 1.42. The lowest BCUT2D eigenvalue weighted by Crippen LogP contribution is -2.48. The Morgan fingerprint density at radius 2 is 1.76 bits per heavy atom. The van der Waals surface area contributed by atoms with E-state index < -0.39 is 10.0 Å². The molecule has 8 nitrogen and oxygen atoms in total. The average molecular weight is 483 g/mol. The molecule has 0 saturated carbocycles. The number of rotatable bonds is 9. The highest BCUT2D eigenvalue weighted by Gasteiger charge is 2.28. The summed E-state index contributed by atoms with van der Waals surface area (Å²) in [6.45, 7) is 6.56. The number of para-hydroxylation sites is 1. The maximum absolute atomic E-state index is 13.0. The highest BCUT2D eigenvalue weighted by Crippen LogP contribution is 2.22. The van der Waals surface area contributed by atoms with Crippen molar-refractivity contribution >= 4 is 26.7 Å². The molecule has 34 heavy (non-hydrogen) atoms. The molecular weight excluding hydrogens is 448 g/mol. The Bertz CT molecular complexity index is 1220. The molecule has 1 aliphatic rings. The lowest BCUT2D eigenvalue weighted by atomic mass is 10.2. The summed E-state index contributed by atoms with van der Waals surface area (Å²) in [5.41, 5.74) is 1.86. The zero-order valence-corrected chi connectivity index (χ0v) is 21.1. The molecule has 0 spiro atoms. The van der Waals surface area contributed by atoms with Crippen LogP contribution < -0.4 is 5.32 Å². The van der Waals surface area contributed by atoms with Crippen LogP contribution in [-0.2, 0) is 16.6 Å². The number of hydrogen-bond donors (Lipinski definition) is 1. The molecule has 2 heterocycles. The molecule has 2 aromatic carbocycles. The van der Waals surface area contributed by atoms with E-state index in [1.54, 1.807) is 22.5 Å². The van der Waals surface area contributed by atoms with Crippen molar-refractivity contribution in [1.82, 2.24) is 24.1 Å². The topological polar surface area (TPSA) is 81.7 Å². The van der Waals surface area contributed by atoms with Gasteiger partial charge >= 0.3 is 0 Å². The summed E-state index contributed by atoms with van der Waals surface area (Å²) in [6.07, 6.45) is 1.03. The Hall–Kier alpha value is -2.59. The van der Waals surface area contributed by atoms with Crippen molar-refractivity contribution in [2.75, 3.05) is 58.7 Å². The van der Waals surface area contributed by atoms with Crippen molar-refractivity contribution in [3.63, 3.8) is 0 Å². The fourth-order valence-corrected chi connectivity index (χ4v) is 5.71. The maximum Gasteiger partial charge on any atom is 0.243 e. The number of aromatic nitrogens is 2. The number of nitrogens with zero attached hydrogens (tertiary/aromatic N) is 5. The fourth-order valence-electron chi connectivity index (χ4n) is 4.19. The van der Waals surface area contributed by atoms with Gasteiger partial charge in [0.15, 0.2) is 0 Å². The molecule has 182 valence electrons. The third-order valence-corrected chi connectivity index (χ3v) is 7.94. The van der Waals surface area contributed by atoms with Gasteiger partial charge in [0.2, 0.25) is 10.0 Å². The van der Waals surface area contributed by atoms with Crippen LogP contribution in [0.4, 0.5) is 5.82 Å². The maximum atomic E-state index is 13.0. The number of hydrogen-bond acceptors (Lipinski definition) is 7. The molecule has 1 fully saturated rings. The van der Waals surface area contributed by atoms with E-state index in [0.717, 1.165) is 47.6 Å². The van der Waals surface area contributed by atoms with Crippen molar-refractivity contribution < 1.29 is 8.42 Å². The van der Waals surface area contributed by atoms with Crippen LogP contribution in [0.15, 0.2) is 53.4 Å². The van der Waals surface area contributed by atoms with Crippen LogP contribution in [0.3, 0.4) is 0 Å². The van der Waals surface area contributed by atoms with Crippen molar-refractivity contribution in [3.05, 3.63) is 59.9 Å². The smallest absolute Gasteiger partial charge is 0.243 e. The van der Waals surface area contributed by atoms with Crippen molar-refractivity contribution in [3.8, 4) is 0 Å². The van der Waals surface area contributed by atoms with Crippen LogP contribution in [0.1, 0.15) is 17.8 Å². The van der Waals surface area contributed by atoms with Crippen LogP contribution in [0.2, 0.25) is 0 Å². The van der Waals surface area contributed by atoms with E-state index in [4.69, 9.17) is 9.97 Å². The lowest BCUT2D eigenvalue weighted by molar-refractivity contribution is 0.178. The number of aryl methyl sites for hydroxylation is 1. The standard InChI is InChI=1S/C25H34N6O2S/c1-20-8-6-9-21(18-20)34(32,33)31-16-14-30(15-17-31)19-24-27-23-11-5-4-10-22(23)25(28-24)26-12-7-13-29(2)3/h4-6,8-11,18H,7,12-17,19H2,1-3H3,(H,26,27,28). The first kappa shape index (κ1) is 24.5. The summed E-state index contributed by atoms with van der Waals surface area (Å²) in [5, 5.41) is 4.51. The summed E-state index contributed by atoms with van der Waals surface area (Å²) >= 11 is 0. The first-order chi connectivity index (χ1) is 16.3. The summed E-state index contributed by atoms with van der Waals surface area (Å²) in [5.74, 6) is 1.61. The number of fused-ring (bicyclic) bond motifs is 1. The molecule has 0 radical (unpaired) electrons. The van der Waals surface area contributed by atoms with Crippen LogP contribution in [0.25, 0.3) is 10.9 Å².